The first-order valence-corrected chi connectivity index (χ1v) is 8.79. The number of alkyl halides is 2. The lowest BCUT2D eigenvalue weighted by molar-refractivity contribution is -0.142. The highest BCUT2D eigenvalue weighted by molar-refractivity contribution is 7.59. The van der Waals surface area contributed by atoms with Gasteiger partial charge in [-0.2, -0.15) is 8.78 Å². The molecule has 6 nitrogen and oxygen atoms in total. The van der Waals surface area contributed by atoms with Gasteiger partial charge in [0, 0.05) is 19.7 Å². The van der Waals surface area contributed by atoms with E-state index >= 15 is 0 Å². The van der Waals surface area contributed by atoms with Crippen LogP contribution in [-0.2, 0) is 24.3 Å². The summed E-state index contributed by atoms with van der Waals surface area (Å²) in [7, 11) is -4.74. The van der Waals surface area contributed by atoms with Crippen LogP contribution in [0.2, 0.25) is 0 Å². The minimum absolute atomic E-state index is 0.173. The van der Waals surface area contributed by atoms with Gasteiger partial charge in [0.05, 0.1) is 11.5 Å². The van der Waals surface area contributed by atoms with Gasteiger partial charge >= 0.3 is 17.6 Å². The largest absolute Gasteiger partial charge is 0.481 e. The molecule has 0 radical (unpaired) electrons. The van der Waals surface area contributed by atoms with E-state index < -0.39 is 72.9 Å². The van der Waals surface area contributed by atoms with E-state index in [2.05, 4.69) is 4.52 Å². The Morgan fingerprint density at radius 2 is 1.77 bits per heavy atom. The number of carbonyl (C=O) groups is 2. The Balaban J connectivity index is 3.32. The molecule has 2 unspecified atom stereocenters. The number of carboxylic acid groups (broad SMARTS) is 2. The summed E-state index contributed by atoms with van der Waals surface area (Å²) in [5.74, 6) is -11.2. The molecule has 0 aliphatic carbocycles. The average Bonchev–Trinajstić information content (AvgIpc) is 2.55. The highest BCUT2D eigenvalue weighted by atomic mass is 31.2. The molecule has 0 amide bonds. The number of hydrogen-bond acceptors (Lipinski definition) is 4. The quantitative estimate of drug-likeness (QED) is 0.370. The van der Waals surface area contributed by atoms with Crippen molar-refractivity contribution in [2.24, 2.45) is 5.92 Å². The molecule has 146 valence electrons. The second kappa shape index (κ2) is 8.13. The number of aliphatic carboxylic acids is 2. The summed E-state index contributed by atoms with van der Waals surface area (Å²) in [6.45, 7) is 0. The normalized spacial score (nSPS) is 15.3. The molecule has 0 aliphatic rings. The van der Waals surface area contributed by atoms with Crippen LogP contribution in [0.15, 0.2) is 12.1 Å². The van der Waals surface area contributed by atoms with E-state index in [1.807, 2.05) is 0 Å². The van der Waals surface area contributed by atoms with Crippen molar-refractivity contribution in [3.8, 4) is 0 Å². The van der Waals surface area contributed by atoms with Crippen LogP contribution >= 0.6 is 7.37 Å². The Morgan fingerprint density at radius 3 is 2.23 bits per heavy atom. The molecule has 0 aliphatic heterocycles. The molecular weight excluding hydrogens is 390 g/mol. The fourth-order valence-electron chi connectivity index (χ4n) is 2.13. The fourth-order valence-corrected chi connectivity index (χ4v) is 4.19. The Bertz CT molecular complexity index is 754. The van der Waals surface area contributed by atoms with Crippen LogP contribution in [-0.4, -0.2) is 35.4 Å². The molecule has 1 rings (SSSR count). The maximum absolute atomic E-state index is 14.6. The average molecular weight is 404 g/mol. The van der Waals surface area contributed by atoms with Gasteiger partial charge in [-0.1, -0.05) is 0 Å². The molecule has 1 aromatic carbocycles. The molecule has 0 spiro atoms. The minimum atomic E-state index is -5.29. The predicted octanol–water partition coefficient (Wildman–Crippen LogP) is 3.64. The van der Waals surface area contributed by atoms with Crippen LogP contribution in [0.5, 0.6) is 0 Å². The zero-order chi connectivity index (χ0) is 20.3. The van der Waals surface area contributed by atoms with Crippen molar-refractivity contribution in [3.05, 3.63) is 35.1 Å². The molecule has 0 saturated heterocycles. The molecule has 0 aromatic heterocycles. The number of carboxylic acids is 2. The van der Waals surface area contributed by atoms with Gasteiger partial charge < -0.3 is 14.7 Å². The van der Waals surface area contributed by atoms with E-state index in [1.54, 1.807) is 0 Å². The van der Waals surface area contributed by atoms with Crippen molar-refractivity contribution < 1.29 is 50.8 Å². The van der Waals surface area contributed by atoms with Crippen molar-refractivity contribution in [1.82, 2.24) is 0 Å². The molecule has 0 heterocycles. The SMILES string of the molecule is COP(=O)(CC(CCC(=O)O)C(=O)O)C(F)(F)c1ccc(F)c(F)c1F. The fraction of sp³-hybridized carbons (Fsp3) is 0.429. The summed E-state index contributed by atoms with van der Waals surface area (Å²) in [5.41, 5.74) is -6.44. The summed E-state index contributed by atoms with van der Waals surface area (Å²) in [6.07, 6.45) is -2.70. The van der Waals surface area contributed by atoms with E-state index in [0.29, 0.717) is 7.11 Å². The van der Waals surface area contributed by atoms with Gasteiger partial charge in [-0.25, -0.2) is 13.2 Å². The topological polar surface area (TPSA) is 101 Å². The molecular formula is C14H14F5O6P. The van der Waals surface area contributed by atoms with Gasteiger partial charge in [0.2, 0.25) is 0 Å². The smallest absolute Gasteiger partial charge is 0.349 e. The van der Waals surface area contributed by atoms with Crippen LogP contribution in [0, 0.1) is 23.4 Å². The third-order valence-corrected chi connectivity index (χ3v) is 6.21. The van der Waals surface area contributed by atoms with E-state index in [1.165, 1.54) is 0 Å². The molecule has 26 heavy (non-hydrogen) atoms. The lowest BCUT2D eigenvalue weighted by Crippen LogP contribution is -2.26. The molecule has 0 saturated carbocycles. The maximum Gasteiger partial charge on any atom is 0.349 e. The Labute approximate surface area is 144 Å². The molecule has 0 fully saturated rings. The van der Waals surface area contributed by atoms with Crippen LogP contribution in [0.25, 0.3) is 0 Å². The van der Waals surface area contributed by atoms with Crippen molar-refractivity contribution in [2.75, 3.05) is 13.3 Å². The highest BCUT2D eigenvalue weighted by Crippen LogP contribution is 2.67. The third-order valence-electron chi connectivity index (χ3n) is 3.60. The third kappa shape index (κ3) is 4.39. The Hall–Kier alpha value is -2.00. The number of halogens is 5. The van der Waals surface area contributed by atoms with Gasteiger partial charge in [-0.3, -0.25) is 14.2 Å². The van der Waals surface area contributed by atoms with E-state index in [-0.39, 0.29) is 12.1 Å². The van der Waals surface area contributed by atoms with Crippen molar-refractivity contribution >= 4 is 19.3 Å². The summed E-state index contributed by atoms with van der Waals surface area (Å²) >= 11 is 0. The van der Waals surface area contributed by atoms with Gasteiger partial charge in [-0.05, 0) is 18.6 Å². The van der Waals surface area contributed by atoms with Crippen molar-refractivity contribution in [1.29, 1.82) is 0 Å². The van der Waals surface area contributed by atoms with Crippen LogP contribution in [0.1, 0.15) is 18.4 Å². The zero-order valence-corrected chi connectivity index (χ0v) is 14.1. The first kappa shape index (κ1) is 22.0. The highest BCUT2D eigenvalue weighted by Gasteiger charge is 2.55. The second-order valence-corrected chi connectivity index (χ2v) is 7.91. The number of benzene rings is 1. The molecule has 2 atom stereocenters. The Kier molecular flexibility index (Phi) is 6.89. The number of rotatable bonds is 9. The van der Waals surface area contributed by atoms with Gasteiger partial charge in [0.1, 0.15) is 0 Å². The lowest BCUT2D eigenvalue weighted by atomic mass is 10.1. The van der Waals surface area contributed by atoms with E-state index in [0.717, 1.165) is 0 Å². The molecule has 1 aromatic rings. The second-order valence-electron chi connectivity index (χ2n) is 5.27. The maximum atomic E-state index is 14.6. The lowest BCUT2D eigenvalue weighted by Gasteiger charge is -2.28. The van der Waals surface area contributed by atoms with Crippen LogP contribution < -0.4 is 0 Å². The monoisotopic (exact) mass is 404 g/mol. The molecule has 2 N–H and O–H groups in total. The van der Waals surface area contributed by atoms with Crippen LogP contribution in [0.3, 0.4) is 0 Å². The summed E-state index contributed by atoms with van der Waals surface area (Å²) < 4.78 is 85.8. The minimum Gasteiger partial charge on any atom is -0.481 e. The van der Waals surface area contributed by atoms with E-state index in [4.69, 9.17) is 10.2 Å². The number of hydrogen-bond donors (Lipinski definition) is 2. The van der Waals surface area contributed by atoms with Crippen LogP contribution in [0.4, 0.5) is 22.0 Å². The standard InChI is InChI=1S/C14H14F5O6P/c1-25-26(24,6-7(13(22)23)2-5-10(20)21)14(18,19)8-3-4-9(15)12(17)11(8)16/h3-4,7H,2,5-6H2,1H3,(H,20,21)(H,22,23). The first-order chi connectivity index (χ1) is 11.9. The molecule has 12 heteroatoms. The van der Waals surface area contributed by atoms with Gasteiger partial charge in [-0.15, -0.1) is 0 Å². The van der Waals surface area contributed by atoms with Gasteiger partial charge in [0.15, 0.2) is 17.5 Å². The van der Waals surface area contributed by atoms with Gasteiger partial charge in [0.25, 0.3) is 7.37 Å². The zero-order valence-electron chi connectivity index (χ0n) is 13.2. The van der Waals surface area contributed by atoms with Crippen molar-refractivity contribution in [3.63, 3.8) is 0 Å². The van der Waals surface area contributed by atoms with E-state index in [9.17, 15) is 36.1 Å². The van der Waals surface area contributed by atoms with Crippen molar-refractivity contribution in [2.45, 2.75) is 18.5 Å². The first-order valence-electron chi connectivity index (χ1n) is 6.98. The summed E-state index contributed by atoms with van der Waals surface area (Å²) in [5, 5.41) is 17.6. The summed E-state index contributed by atoms with van der Waals surface area (Å²) in [4.78, 5) is 21.7. The molecule has 0 bridgehead atoms. The predicted molar refractivity (Wildman–Crippen MR) is 77.7 cm³/mol. The summed E-state index contributed by atoms with van der Waals surface area (Å²) in [6, 6.07) is 0.368. The Morgan fingerprint density at radius 1 is 1.19 bits per heavy atom.